The van der Waals surface area contributed by atoms with Gasteiger partial charge < -0.3 is 20.2 Å². The summed E-state index contributed by atoms with van der Waals surface area (Å²) in [4.78, 5) is 25.4. The van der Waals surface area contributed by atoms with Gasteiger partial charge in [0.15, 0.2) is 5.78 Å². The molecule has 0 saturated carbocycles. The highest BCUT2D eigenvalue weighted by atomic mass is 35.5. The first-order valence-corrected chi connectivity index (χ1v) is 10.8. The summed E-state index contributed by atoms with van der Waals surface area (Å²) in [5.41, 5.74) is -3.67. The number of ketones is 1. The maximum Gasteiger partial charge on any atom is 0.437 e. The lowest BCUT2D eigenvalue weighted by Crippen LogP contribution is -2.72. The first-order chi connectivity index (χ1) is 15.9. The first-order valence-electron chi connectivity index (χ1n) is 9.63. The van der Waals surface area contributed by atoms with Crippen LogP contribution >= 0.6 is 34.8 Å². The molecule has 1 saturated heterocycles. The maximum absolute atomic E-state index is 14.0. The van der Waals surface area contributed by atoms with Crippen molar-refractivity contribution >= 4 is 46.6 Å². The average Bonchev–Trinajstić information content (AvgIpc) is 3.22. The van der Waals surface area contributed by atoms with Crippen LogP contribution in [0.3, 0.4) is 0 Å². The Balaban J connectivity index is 1.82. The zero-order chi connectivity index (χ0) is 24.8. The van der Waals surface area contributed by atoms with Crippen molar-refractivity contribution in [1.82, 2.24) is 10.6 Å². The van der Waals surface area contributed by atoms with Crippen LogP contribution in [0.25, 0.3) is 11.3 Å². The van der Waals surface area contributed by atoms with Gasteiger partial charge in [-0.15, -0.1) is 0 Å². The Labute approximate surface area is 205 Å². The molecule has 34 heavy (non-hydrogen) atoms. The standard InChI is InChI=1S/C22H14Cl3F3N2O4/c23-11-3-1-10(2-4-11)19(31)17-18(29-20(32)30-21(17,33)22(26,27)28)16-8-7-15(34-16)13-6-5-12(24)9-14(13)25/h1-9,17-18,33H,(H2,29,30,32)/t17-,18+,21+/m1/s1. The zero-order valence-electron chi connectivity index (χ0n) is 16.8. The van der Waals surface area contributed by atoms with Crippen LogP contribution in [0.4, 0.5) is 18.0 Å². The summed E-state index contributed by atoms with van der Waals surface area (Å²) < 4.78 is 47.7. The number of hydrogen-bond donors (Lipinski definition) is 3. The van der Waals surface area contributed by atoms with Crippen LogP contribution in [0, 0.1) is 5.92 Å². The fourth-order valence-corrected chi connectivity index (χ4v) is 4.35. The van der Waals surface area contributed by atoms with Crippen LogP contribution in [0.5, 0.6) is 0 Å². The van der Waals surface area contributed by atoms with Crippen molar-refractivity contribution in [2.45, 2.75) is 17.9 Å². The van der Waals surface area contributed by atoms with Crippen LogP contribution < -0.4 is 10.6 Å². The Morgan fingerprint density at radius 2 is 1.65 bits per heavy atom. The van der Waals surface area contributed by atoms with Gasteiger partial charge in [-0.2, -0.15) is 13.2 Å². The predicted molar refractivity (Wildman–Crippen MR) is 119 cm³/mol. The summed E-state index contributed by atoms with van der Waals surface area (Å²) in [5.74, 6) is -3.40. The maximum atomic E-state index is 14.0. The molecule has 3 N–H and O–H groups in total. The van der Waals surface area contributed by atoms with E-state index in [1.165, 1.54) is 59.9 Å². The fraction of sp³-hybridized carbons (Fsp3) is 0.182. The van der Waals surface area contributed by atoms with Gasteiger partial charge in [-0.05, 0) is 54.6 Å². The van der Waals surface area contributed by atoms with Gasteiger partial charge in [0.25, 0.3) is 0 Å². The number of rotatable bonds is 4. The first kappa shape index (κ1) is 24.4. The number of carbonyl (C=O) groups is 2. The van der Waals surface area contributed by atoms with Crippen LogP contribution in [0.2, 0.25) is 15.1 Å². The molecule has 2 amide bonds. The molecule has 0 radical (unpaired) electrons. The van der Waals surface area contributed by atoms with E-state index in [0.717, 1.165) is 0 Å². The lowest BCUT2D eigenvalue weighted by molar-refractivity contribution is -0.288. The van der Waals surface area contributed by atoms with Crippen LogP contribution in [0.1, 0.15) is 22.2 Å². The number of benzene rings is 2. The molecule has 0 aliphatic carbocycles. The van der Waals surface area contributed by atoms with E-state index in [0.29, 0.717) is 10.6 Å². The van der Waals surface area contributed by atoms with Gasteiger partial charge in [0, 0.05) is 21.2 Å². The van der Waals surface area contributed by atoms with Gasteiger partial charge >= 0.3 is 12.2 Å². The lowest BCUT2D eigenvalue weighted by atomic mass is 9.79. The highest BCUT2D eigenvalue weighted by molar-refractivity contribution is 6.36. The van der Waals surface area contributed by atoms with Gasteiger partial charge in [-0.1, -0.05) is 34.8 Å². The second kappa shape index (κ2) is 8.81. The smallest absolute Gasteiger partial charge is 0.437 e. The van der Waals surface area contributed by atoms with Crippen molar-refractivity contribution < 1.29 is 32.3 Å². The SMILES string of the molecule is O=C1N[C@@H](c2ccc(-c3ccc(Cl)cc3Cl)o2)[C@H](C(=O)c2ccc(Cl)cc2)[C@](O)(C(F)(F)F)N1. The van der Waals surface area contributed by atoms with Crippen LogP contribution in [0.15, 0.2) is 59.0 Å². The number of nitrogens with one attached hydrogen (secondary N) is 2. The molecule has 12 heteroatoms. The molecule has 2 aromatic carbocycles. The molecule has 3 aromatic rings. The molecule has 4 rings (SSSR count). The van der Waals surface area contributed by atoms with Crippen molar-refractivity contribution in [3.05, 3.63) is 81.0 Å². The third-order valence-electron chi connectivity index (χ3n) is 5.35. The number of Topliss-reactive ketones (excluding diaryl/α,β-unsaturated/α-hetero) is 1. The predicted octanol–water partition coefficient (Wildman–Crippen LogP) is 6.01. The Morgan fingerprint density at radius 3 is 2.26 bits per heavy atom. The molecule has 1 fully saturated rings. The third kappa shape index (κ3) is 4.36. The molecule has 0 spiro atoms. The lowest BCUT2D eigenvalue weighted by Gasteiger charge is -2.44. The van der Waals surface area contributed by atoms with Crippen LogP contribution in [-0.4, -0.2) is 28.8 Å². The fourth-order valence-electron chi connectivity index (χ4n) is 3.72. The van der Waals surface area contributed by atoms with E-state index in [1.54, 1.807) is 0 Å². The summed E-state index contributed by atoms with van der Waals surface area (Å²) in [6.07, 6.45) is -5.40. The largest absolute Gasteiger partial charge is 0.459 e. The molecule has 2 heterocycles. The highest BCUT2D eigenvalue weighted by Crippen LogP contribution is 2.45. The number of halogens is 6. The Hall–Kier alpha value is -2.72. The molecule has 178 valence electrons. The van der Waals surface area contributed by atoms with E-state index in [9.17, 15) is 27.9 Å². The number of furan rings is 1. The van der Waals surface area contributed by atoms with E-state index in [-0.39, 0.29) is 27.1 Å². The molecule has 1 aromatic heterocycles. The summed E-state index contributed by atoms with van der Waals surface area (Å²) in [6.45, 7) is 0. The van der Waals surface area contributed by atoms with Crippen molar-refractivity contribution in [2.24, 2.45) is 5.92 Å². The van der Waals surface area contributed by atoms with E-state index in [4.69, 9.17) is 39.2 Å². The second-order valence-corrected chi connectivity index (χ2v) is 8.80. The molecule has 0 unspecified atom stereocenters. The molecule has 3 atom stereocenters. The van der Waals surface area contributed by atoms with Gasteiger partial charge in [-0.25, -0.2) is 4.79 Å². The molecular formula is C22H14Cl3F3N2O4. The van der Waals surface area contributed by atoms with E-state index < -0.39 is 35.7 Å². The molecule has 6 nitrogen and oxygen atoms in total. The normalized spacial score (nSPS) is 22.7. The number of urea groups is 1. The summed E-state index contributed by atoms with van der Waals surface area (Å²) in [6, 6.07) is 9.27. The Bertz CT molecular complexity index is 1260. The molecular weight excluding hydrogens is 520 g/mol. The summed E-state index contributed by atoms with van der Waals surface area (Å²) in [5, 5.41) is 15.2. The van der Waals surface area contributed by atoms with Crippen LogP contribution in [-0.2, 0) is 0 Å². The Kier molecular flexibility index (Phi) is 6.32. The monoisotopic (exact) mass is 532 g/mol. The number of alkyl halides is 3. The minimum atomic E-state index is -5.40. The highest BCUT2D eigenvalue weighted by Gasteiger charge is 2.66. The summed E-state index contributed by atoms with van der Waals surface area (Å²) in [7, 11) is 0. The van der Waals surface area contributed by atoms with Crippen molar-refractivity contribution in [1.29, 1.82) is 0 Å². The van der Waals surface area contributed by atoms with Crippen molar-refractivity contribution in [3.8, 4) is 11.3 Å². The Morgan fingerprint density at radius 1 is 1.00 bits per heavy atom. The zero-order valence-corrected chi connectivity index (χ0v) is 19.1. The number of hydrogen-bond acceptors (Lipinski definition) is 4. The number of amides is 2. The minimum Gasteiger partial charge on any atom is -0.459 e. The average molecular weight is 534 g/mol. The van der Waals surface area contributed by atoms with Gasteiger partial charge in [-0.3, -0.25) is 4.79 Å². The molecule has 1 aliphatic heterocycles. The van der Waals surface area contributed by atoms with Crippen molar-refractivity contribution in [2.75, 3.05) is 0 Å². The van der Waals surface area contributed by atoms with Gasteiger partial charge in [0.05, 0.1) is 5.02 Å². The van der Waals surface area contributed by atoms with E-state index in [1.807, 2.05) is 0 Å². The molecule has 1 aliphatic rings. The second-order valence-electron chi connectivity index (χ2n) is 7.52. The topological polar surface area (TPSA) is 91.6 Å². The van der Waals surface area contributed by atoms with Crippen molar-refractivity contribution in [3.63, 3.8) is 0 Å². The quantitative estimate of drug-likeness (QED) is 0.358. The van der Waals surface area contributed by atoms with Gasteiger partial charge in [0.2, 0.25) is 5.72 Å². The van der Waals surface area contributed by atoms with E-state index in [2.05, 4.69) is 5.32 Å². The summed E-state index contributed by atoms with van der Waals surface area (Å²) >= 11 is 17.9. The van der Waals surface area contributed by atoms with E-state index >= 15 is 0 Å². The minimum absolute atomic E-state index is 0.151. The van der Waals surface area contributed by atoms with Gasteiger partial charge in [0.1, 0.15) is 23.5 Å². The number of aliphatic hydroxyl groups is 1. The number of carbonyl (C=O) groups excluding carboxylic acids is 2. The third-order valence-corrected chi connectivity index (χ3v) is 6.15. The molecule has 0 bridgehead atoms.